The van der Waals surface area contributed by atoms with Gasteiger partial charge in [0.25, 0.3) is 5.96 Å². The fourth-order valence-electron chi connectivity index (χ4n) is 1.70. The van der Waals surface area contributed by atoms with Crippen molar-refractivity contribution in [3.63, 3.8) is 0 Å². The zero-order chi connectivity index (χ0) is 15.5. The highest BCUT2D eigenvalue weighted by atomic mass is 32.3. The summed E-state index contributed by atoms with van der Waals surface area (Å²) in [6.45, 7) is 3.72. The van der Waals surface area contributed by atoms with Gasteiger partial charge in [-0.1, -0.05) is 37.3 Å². The Balaban J connectivity index is 2.16. The minimum absolute atomic E-state index is 0.234. The van der Waals surface area contributed by atoms with Crippen molar-refractivity contribution in [3.05, 3.63) is 35.9 Å². The molecule has 1 atom stereocenters. The Kier molecular flexibility index (Phi) is 4.35. The van der Waals surface area contributed by atoms with Crippen LogP contribution in [0.15, 0.2) is 35.5 Å². The minimum Gasteiger partial charge on any atom is -0.365 e. The maximum atomic E-state index is 11.3. The zero-order valence-electron chi connectivity index (χ0n) is 11.7. The third-order valence-electron chi connectivity index (χ3n) is 3.07. The summed E-state index contributed by atoms with van der Waals surface area (Å²) in [6.07, 6.45) is 0.408. The van der Waals surface area contributed by atoms with Crippen molar-refractivity contribution >= 4 is 16.4 Å². The number of nitrogens with zero attached hydrogens (tertiary/aromatic N) is 2. The molecule has 0 bridgehead atoms. The Morgan fingerprint density at radius 2 is 2.05 bits per heavy atom. The third-order valence-corrected chi connectivity index (χ3v) is 3.66. The molecule has 116 valence electrons. The Morgan fingerprint density at radius 1 is 1.38 bits per heavy atom. The molecule has 1 aliphatic rings. The maximum Gasteiger partial charge on any atom is 0.491 e. The van der Waals surface area contributed by atoms with Gasteiger partial charge in [0, 0.05) is 0 Å². The second-order valence-electron chi connectivity index (χ2n) is 4.60. The standard InChI is InChI=1S/C12H17N3O5S/c1-3-12(2,18-9-10-7-5-4-6-8-10)15-11(13)14-19-21(16,17)20-15/h4-8H,3,9H2,1-2H3,(H2,13,14). The monoisotopic (exact) mass is 315 g/mol. The molecule has 0 spiro atoms. The number of nitrogens with two attached hydrogens (primary N) is 1. The van der Waals surface area contributed by atoms with E-state index in [-0.39, 0.29) is 12.6 Å². The highest BCUT2D eigenvalue weighted by Crippen LogP contribution is 2.26. The van der Waals surface area contributed by atoms with Crippen molar-refractivity contribution in [2.75, 3.05) is 0 Å². The fourth-order valence-corrected chi connectivity index (χ4v) is 2.31. The van der Waals surface area contributed by atoms with Crippen LogP contribution >= 0.6 is 0 Å². The average molecular weight is 315 g/mol. The van der Waals surface area contributed by atoms with Crippen LogP contribution in [-0.4, -0.2) is 25.2 Å². The van der Waals surface area contributed by atoms with E-state index < -0.39 is 16.1 Å². The van der Waals surface area contributed by atoms with E-state index in [1.54, 1.807) is 6.92 Å². The van der Waals surface area contributed by atoms with E-state index in [4.69, 9.17) is 14.8 Å². The second kappa shape index (κ2) is 5.88. The molecule has 1 aromatic rings. The van der Waals surface area contributed by atoms with Gasteiger partial charge in [-0.3, -0.25) is 0 Å². The molecule has 1 aliphatic heterocycles. The van der Waals surface area contributed by atoms with Gasteiger partial charge in [-0.05, 0) is 24.1 Å². The first-order valence-electron chi connectivity index (χ1n) is 6.31. The van der Waals surface area contributed by atoms with Crippen LogP contribution in [0.5, 0.6) is 0 Å². The van der Waals surface area contributed by atoms with Crippen LogP contribution in [-0.2, 0) is 30.3 Å². The molecule has 0 amide bonds. The Morgan fingerprint density at radius 3 is 2.67 bits per heavy atom. The summed E-state index contributed by atoms with van der Waals surface area (Å²) >= 11 is 0. The lowest BCUT2D eigenvalue weighted by atomic mass is 10.2. The SMILES string of the molecule is CCC(C)(OCc1ccccc1)N1OS(=O)(=O)ON=C1N. The molecule has 9 heteroatoms. The van der Waals surface area contributed by atoms with E-state index in [1.807, 2.05) is 37.3 Å². The van der Waals surface area contributed by atoms with Crippen LogP contribution in [0.25, 0.3) is 0 Å². The van der Waals surface area contributed by atoms with Crippen LogP contribution in [0.3, 0.4) is 0 Å². The predicted molar refractivity (Wildman–Crippen MR) is 74.5 cm³/mol. The fraction of sp³-hybridized carbons (Fsp3) is 0.417. The molecule has 1 heterocycles. The molecule has 0 fully saturated rings. The molecular weight excluding hydrogens is 298 g/mol. The lowest BCUT2D eigenvalue weighted by Gasteiger charge is -2.38. The van der Waals surface area contributed by atoms with Crippen LogP contribution < -0.4 is 5.73 Å². The summed E-state index contributed by atoms with van der Waals surface area (Å²) < 4.78 is 37.3. The number of hydrogen-bond acceptors (Lipinski definition) is 8. The van der Waals surface area contributed by atoms with E-state index in [9.17, 15) is 8.42 Å². The van der Waals surface area contributed by atoms with Gasteiger partial charge < -0.3 is 10.5 Å². The maximum absolute atomic E-state index is 11.3. The third kappa shape index (κ3) is 3.63. The minimum atomic E-state index is -4.26. The van der Waals surface area contributed by atoms with E-state index in [0.29, 0.717) is 6.42 Å². The van der Waals surface area contributed by atoms with Gasteiger partial charge in [0.15, 0.2) is 5.72 Å². The summed E-state index contributed by atoms with van der Waals surface area (Å²) in [4.78, 5) is 0. The number of benzene rings is 1. The van der Waals surface area contributed by atoms with Gasteiger partial charge in [0.05, 0.1) is 6.61 Å². The number of guanidine groups is 1. The van der Waals surface area contributed by atoms with Gasteiger partial charge in [-0.25, -0.2) is 4.28 Å². The lowest BCUT2D eigenvalue weighted by molar-refractivity contribution is -0.227. The Labute approximate surface area is 123 Å². The van der Waals surface area contributed by atoms with Gasteiger partial charge in [0.2, 0.25) is 0 Å². The number of oxime groups is 1. The molecule has 2 rings (SSSR count). The second-order valence-corrected chi connectivity index (χ2v) is 5.72. The molecule has 1 unspecified atom stereocenters. The predicted octanol–water partition coefficient (Wildman–Crippen LogP) is 1.07. The van der Waals surface area contributed by atoms with Crippen molar-refractivity contribution in [3.8, 4) is 0 Å². The summed E-state index contributed by atoms with van der Waals surface area (Å²) in [5.74, 6) is -0.234. The Bertz CT molecular complexity index is 619. The first-order chi connectivity index (χ1) is 9.86. The molecular formula is C12H17N3O5S. The highest BCUT2D eigenvalue weighted by Gasteiger charge is 2.41. The Hall–Kier alpha value is -1.84. The molecule has 8 nitrogen and oxygen atoms in total. The first kappa shape index (κ1) is 15.5. The molecule has 21 heavy (non-hydrogen) atoms. The largest absolute Gasteiger partial charge is 0.491 e. The normalized spacial score (nSPS) is 20.3. The van der Waals surface area contributed by atoms with E-state index >= 15 is 0 Å². The first-order valence-corrected chi connectivity index (χ1v) is 7.64. The molecule has 1 aromatic carbocycles. The summed E-state index contributed by atoms with van der Waals surface area (Å²) in [7, 11) is -4.26. The van der Waals surface area contributed by atoms with Gasteiger partial charge in [-0.15, -0.1) is 4.28 Å². The van der Waals surface area contributed by atoms with Crippen LogP contribution in [0.1, 0.15) is 25.8 Å². The molecule has 0 radical (unpaired) electrons. The van der Waals surface area contributed by atoms with Gasteiger partial charge in [0.1, 0.15) is 0 Å². The van der Waals surface area contributed by atoms with Crippen molar-refractivity contribution in [2.45, 2.75) is 32.6 Å². The summed E-state index contributed by atoms with van der Waals surface area (Å²) in [5, 5.41) is 4.16. The topological polar surface area (TPSA) is 103 Å². The molecule has 0 saturated carbocycles. The van der Waals surface area contributed by atoms with E-state index in [2.05, 4.69) is 9.44 Å². The van der Waals surface area contributed by atoms with Crippen LogP contribution in [0.2, 0.25) is 0 Å². The number of ether oxygens (including phenoxy) is 1. The van der Waals surface area contributed by atoms with Crippen molar-refractivity contribution < 1.29 is 21.7 Å². The quantitative estimate of drug-likeness (QED) is 0.866. The lowest BCUT2D eigenvalue weighted by Crippen LogP contribution is -2.56. The zero-order valence-corrected chi connectivity index (χ0v) is 12.5. The number of rotatable bonds is 5. The number of hydrogen-bond donors (Lipinski definition) is 1. The van der Waals surface area contributed by atoms with Crippen molar-refractivity contribution in [1.82, 2.24) is 5.06 Å². The molecule has 0 saturated heterocycles. The van der Waals surface area contributed by atoms with Gasteiger partial charge >= 0.3 is 10.4 Å². The smallest absolute Gasteiger partial charge is 0.365 e. The van der Waals surface area contributed by atoms with Crippen LogP contribution in [0, 0.1) is 0 Å². The van der Waals surface area contributed by atoms with Crippen LogP contribution in [0.4, 0.5) is 0 Å². The van der Waals surface area contributed by atoms with Gasteiger partial charge in [-0.2, -0.15) is 13.5 Å². The molecule has 0 aromatic heterocycles. The molecule has 2 N–H and O–H groups in total. The number of hydroxylamine groups is 2. The summed E-state index contributed by atoms with van der Waals surface area (Å²) in [6, 6.07) is 9.45. The average Bonchev–Trinajstić information content (AvgIpc) is 2.48. The molecule has 0 aliphatic carbocycles. The summed E-state index contributed by atoms with van der Waals surface area (Å²) in [5.41, 5.74) is 5.44. The van der Waals surface area contributed by atoms with Crippen molar-refractivity contribution in [1.29, 1.82) is 0 Å². The van der Waals surface area contributed by atoms with E-state index in [1.165, 1.54) is 0 Å². The van der Waals surface area contributed by atoms with E-state index in [0.717, 1.165) is 10.6 Å². The van der Waals surface area contributed by atoms with Crippen molar-refractivity contribution in [2.24, 2.45) is 10.9 Å². The highest BCUT2D eigenvalue weighted by molar-refractivity contribution is 7.81.